The predicted octanol–water partition coefficient (Wildman–Crippen LogP) is 4.80. The molecule has 0 N–H and O–H groups in total. The molecular weight excluding hydrogens is 488 g/mol. The summed E-state index contributed by atoms with van der Waals surface area (Å²) < 4.78 is 11.5. The number of amides is 1. The Labute approximate surface area is 196 Å². The lowest BCUT2D eigenvalue weighted by molar-refractivity contribution is 0.0600. The number of aromatic nitrogens is 1. The Morgan fingerprint density at radius 1 is 1.09 bits per heavy atom. The molecule has 0 spiro atoms. The number of nitrogens with zero attached hydrogens (tertiary/aromatic N) is 2. The van der Waals surface area contributed by atoms with Crippen LogP contribution in [-0.4, -0.2) is 24.0 Å². The van der Waals surface area contributed by atoms with Gasteiger partial charge < -0.3 is 9.15 Å². The van der Waals surface area contributed by atoms with Gasteiger partial charge in [0, 0.05) is 10.2 Å². The second-order valence-corrected chi connectivity index (χ2v) is 8.56. The van der Waals surface area contributed by atoms with E-state index in [0.717, 1.165) is 10.2 Å². The zero-order valence-electron chi connectivity index (χ0n) is 17.7. The first-order valence-corrected chi connectivity index (χ1v) is 10.9. The van der Waals surface area contributed by atoms with Crippen molar-refractivity contribution in [2.45, 2.75) is 13.0 Å². The number of halogens is 1. The van der Waals surface area contributed by atoms with Crippen LogP contribution in [-0.2, 0) is 4.74 Å². The van der Waals surface area contributed by atoms with E-state index >= 15 is 0 Å². The van der Waals surface area contributed by atoms with E-state index in [1.54, 1.807) is 54.6 Å². The van der Waals surface area contributed by atoms with E-state index in [0.29, 0.717) is 27.9 Å². The van der Waals surface area contributed by atoms with Crippen LogP contribution in [0.25, 0.3) is 11.0 Å². The van der Waals surface area contributed by atoms with Crippen molar-refractivity contribution in [2.75, 3.05) is 12.0 Å². The molecule has 164 valence electrons. The van der Waals surface area contributed by atoms with E-state index in [4.69, 9.17) is 9.15 Å². The third-order valence-electron chi connectivity index (χ3n) is 5.60. The van der Waals surface area contributed by atoms with Crippen LogP contribution in [0, 0.1) is 6.92 Å². The van der Waals surface area contributed by atoms with Gasteiger partial charge in [-0.25, -0.2) is 9.78 Å². The molecule has 3 heterocycles. The smallest absolute Gasteiger partial charge is 0.337 e. The van der Waals surface area contributed by atoms with Crippen molar-refractivity contribution in [1.29, 1.82) is 0 Å². The number of hydrogen-bond acceptors (Lipinski definition) is 6. The van der Waals surface area contributed by atoms with Crippen LogP contribution in [0.15, 0.2) is 74.3 Å². The summed E-state index contributed by atoms with van der Waals surface area (Å²) in [6.07, 6.45) is 0. The van der Waals surface area contributed by atoms with Gasteiger partial charge in [-0.15, -0.1) is 0 Å². The molecule has 5 rings (SSSR count). The van der Waals surface area contributed by atoms with Gasteiger partial charge in [-0.3, -0.25) is 14.5 Å². The molecule has 1 unspecified atom stereocenters. The lowest BCUT2D eigenvalue weighted by Gasteiger charge is -2.24. The van der Waals surface area contributed by atoms with E-state index in [1.807, 2.05) is 13.0 Å². The van der Waals surface area contributed by atoms with Crippen LogP contribution in [0.2, 0.25) is 0 Å². The van der Waals surface area contributed by atoms with Crippen molar-refractivity contribution < 1.29 is 18.7 Å². The number of benzene rings is 2. The number of rotatable bonds is 3. The van der Waals surface area contributed by atoms with Crippen molar-refractivity contribution in [3.8, 4) is 0 Å². The molecule has 1 amide bonds. The summed E-state index contributed by atoms with van der Waals surface area (Å²) in [5.41, 5.74) is 2.00. The highest BCUT2D eigenvalue weighted by Crippen LogP contribution is 2.40. The Balaban J connectivity index is 1.77. The molecule has 8 heteroatoms. The summed E-state index contributed by atoms with van der Waals surface area (Å²) in [5.74, 6) is -0.540. The van der Waals surface area contributed by atoms with Crippen molar-refractivity contribution in [1.82, 2.24) is 4.98 Å². The minimum Gasteiger partial charge on any atom is -0.465 e. The number of fused-ring (bicyclic) bond motifs is 2. The zero-order chi connectivity index (χ0) is 23.3. The maximum absolute atomic E-state index is 13.6. The number of hydrogen-bond donors (Lipinski definition) is 0. The third-order valence-corrected chi connectivity index (χ3v) is 6.09. The average molecular weight is 505 g/mol. The lowest BCUT2D eigenvalue weighted by Crippen LogP contribution is -2.30. The fourth-order valence-corrected chi connectivity index (χ4v) is 4.44. The number of pyridine rings is 1. The molecule has 0 saturated heterocycles. The van der Waals surface area contributed by atoms with Gasteiger partial charge >= 0.3 is 5.97 Å². The van der Waals surface area contributed by atoms with Crippen LogP contribution in [0.1, 0.15) is 43.8 Å². The van der Waals surface area contributed by atoms with Crippen molar-refractivity contribution in [3.63, 3.8) is 0 Å². The van der Waals surface area contributed by atoms with Crippen molar-refractivity contribution in [3.05, 3.63) is 104 Å². The third kappa shape index (κ3) is 3.43. The summed E-state index contributed by atoms with van der Waals surface area (Å²) in [6.45, 7) is 1.83. The predicted molar refractivity (Wildman–Crippen MR) is 126 cm³/mol. The Morgan fingerprint density at radius 3 is 2.55 bits per heavy atom. The lowest BCUT2D eigenvalue weighted by atomic mass is 9.97. The summed E-state index contributed by atoms with van der Waals surface area (Å²) in [5, 5.41) is 0.367. The quantitative estimate of drug-likeness (QED) is 0.372. The number of esters is 1. The van der Waals surface area contributed by atoms with Crippen molar-refractivity contribution >= 4 is 44.6 Å². The highest BCUT2D eigenvalue weighted by Gasteiger charge is 2.44. The number of ether oxygens (including phenoxy) is 1. The second-order valence-electron chi connectivity index (χ2n) is 7.64. The van der Waals surface area contributed by atoms with Gasteiger partial charge in [0.15, 0.2) is 5.43 Å². The molecule has 0 fully saturated rings. The first kappa shape index (κ1) is 21.1. The normalized spacial score (nSPS) is 15.1. The van der Waals surface area contributed by atoms with Crippen LogP contribution in [0.5, 0.6) is 0 Å². The molecule has 0 saturated carbocycles. The Morgan fingerprint density at radius 2 is 1.85 bits per heavy atom. The SMILES string of the molecule is COC(=O)c1ccc(C2c3c(oc4ccc(Br)cc4c3=O)C(=O)N2c2cccc(C)n2)cc1. The maximum atomic E-state index is 13.6. The molecule has 1 aliphatic rings. The molecule has 7 nitrogen and oxygen atoms in total. The maximum Gasteiger partial charge on any atom is 0.337 e. The van der Waals surface area contributed by atoms with E-state index in [2.05, 4.69) is 20.9 Å². The monoisotopic (exact) mass is 504 g/mol. The van der Waals surface area contributed by atoms with E-state index in [9.17, 15) is 14.4 Å². The molecule has 1 atom stereocenters. The largest absolute Gasteiger partial charge is 0.465 e. The minimum absolute atomic E-state index is 0.0137. The summed E-state index contributed by atoms with van der Waals surface area (Å²) in [7, 11) is 1.31. The second kappa shape index (κ2) is 7.97. The fraction of sp³-hybridized carbons (Fsp3) is 0.120. The number of anilines is 1. The summed E-state index contributed by atoms with van der Waals surface area (Å²) in [6, 6.07) is 16.3. The van der Waals surface area contributed by atoms with E-state index < -0.39 is 17.9 Å². The van der Waals surface area contributed by atoms with Crippen LogP contribution < -0.4 is 10.3 Å². The summed E-state index contributed by atoms with van der Waals surface area (Å²) >= 11 is 3.39. The molecule has 33 heavy (non-hydrogen) atoms. The standard InChI is InChI=1S/C25H17BrN2O5/c1-13-4-3-5-19(27-13)28-21(14-6-8-15(9-7-14)25(31)32-2)20-22(29)17-12-16(26)10-11-18(17)33-23(20)24(28)30/h3-12,21H,1-2H3. The highest BCUT2D eigenvalue weighted by molar-refractivity contribution is 9.10. The van der Waals surface area contributed by atoms with Gasteiger partial charge in [0.2, 0.25) is 5.76 Å². The van der Waals surface area contributed by atoms with Crippen LogP contribution in [0.4, 0.5) is 5.82 Å². The van der Waals surface area contributed by atoms with Gasteiger partial charge in [0.1, 0.15) is 11.4 Å². The highest BCUT2D eigenvalue weighted by atomic mass is 79.9. The van der Waals surface area contributed by atoms with Gasteiger partial charge in [-0.2, -0.15) is 0 Å². The number of carbonyl (C=O) groups is 2. The van der Waals surface area contributed by atoms with Gasteiger partial charge in [0.25, 0.3) is 5.91 Å². The molecule has 4 aromatic rings. The van der Waals surface area contributed by atoms with E-state index in [1.165, 1.54) is 12.0 Å². The Kier molecular flexibility index (Phi) is 5.09. The van der Waals surface area contributed by atoms with Gasteiger partial charge in [-0.1, -0.05) is 34.1 Å². The Bertz CT molecular complexity index is 1490. The number of methoxy groups -OCH3 is 1. The topological polar surface area (TPSA) is 89.7 Å². The van der Waals surface area contributed by atoms with E-state index in [-0.39, 0.29) is 16.8 Å². The fourth-order valence-electron chi connectivity index (χ4n) is 4.08. The molecule has 2 aromatic carbocycles. The van der Waals surface area contributed by atoms with Gasteiger partial charge in [0.05, 0.1) is 29.7 Å². The summed E-state index contributed by atoms with van der Waals surface area (Å²) in [4.78, 5) is 45.0. The molecule has 1 aliphatic heterocycles. The first-order valence-electron chi connectivity index (χ1n) is 10.1. The molecule has 0 aliphatic carbocycles. The molecular formula is C25H17BrN2O5. The molecule has 2 aromatic heterocycles. The molecule has 0 radical (unpaired) electrons. The average Bonchev–Trinajstić information content (AvgIpc) is 3.11. The van der Waals surface area contributed by atoms with Crippen LogP contribution >= 0.6 is 15.9 Å². The number of carbonyl (C=O) groups excluding carboxylic acids is 2. The zero-order valence-corrected chi connectivity index (χ0v) is 19.3. The number of aryl methyl sites for hydroxylation is 1. The van der Waals surface area contributed by atoms with Gasteiger partial charge in [-0.05, 0) is 55.0 Å². The van der Waals surface area contributed by atoms with Crippen molar-refractivity contribution in [2.24, 2.45) is 0 Å². The molecule has 0 bridgehead atoms. The first-order chi connectivity index (χ1) is 15.9. The minimum atomic E-state index is -0.770. The van der Waals surface area contributed by atoms with Crippen LogP contribution in [0.3, 0.4) is 0 Å². The Hall–Kier alpha value is -3.78.